The fourth-order valence-corrected chi connectivity index (χ4v) is 9.03. The standard InChI is InChI=1S/C53H39N/c1-34-31-35(2)51(36(3)32-34)39-23-21-37(22-24-39)41-27-30-50-48(33-41)43-15-11-12-20-49(43)54(50)42-28-25-40(26-29-42)53-46-18-9-7-16-44(46)52(38-13-5-4-6-14-38)45-17-8-10-19-47(45)53/h4-33H,1-3H3. The molecule has 0 radical (unpaired) electrons. The summed E-state index contributed by atoms with van der Waals surface area (Å²) in [4.78, 5) is 0. The predicted octanol–water partition coefficient (Wildman–Crippen LogP) is 14.7. The molecule has 1 heteroatoms. The topological polar surface area (TPSA) is 4.93 Å². The molecule has 0 bridgehead atoms. The van der Waals surface area contributed by atoms with E-state index in [2.05, 4.69) is 207 Å². The molecule has 1 nitrogen and oxygen atoms in total. The second kappa shape index (κ2) is 12.8. The van der Waals surface area contributed by atoms with Crippen molar-refractivity contribution >= 4 is 43.4 Å². The number of fused-ring (bicyclic) bond motifs is 5. The largest absolute Gasteiger partial charge is 0.309 e. The van der Waals surface area contributed by atoms with E-state index in [1.165, 1.54) is 105 Å². The van der Waals surface area contributed by atoms with Gasteiger partial charge in [0.25, 0.3) is 0 Å². The van der Waals surface area contributed by atoms with Crippen LogP contribution in [-0.4, -0.2) is 4.57 Å². The molecule has 256 valence electrons. The first-order chi connectivity index (χ1) is 26.5. The maximum Gasteiger partial charge on any atom is 0.0541 e. The van der Waals surface area contributed by atoms with E-state index in [0.29, 0.717) is 0 Å². The van der Waals surface area contributed by atoms with Gasteiger partial charge in [-0.3, -0.25) is 0 Å². The molecule has 0 N–H and O–H groups in total. The molecule has 0 fully saturated rings. The van der Waals surface area contributed by atoms with Crippen LogP contribution in [0.25, 0.3) is 93.5 Å². The Labute approximate surface area is 316 Å². The summed E-state index contributed by atoms with van der Waals surface area (Å²) in [6.07, 6.45) is 0. The summed E-state index contributed by atoms with van der Waals surface area (Å²) in [7, 11) is 0. The summed E-state index contributed by atoms with van der Waals surface area (Å²) in [5.41, 5.74) is 17.6. The number of aryl methyl sites for hydroxylation is 3. The second-order valence-electron chi connectivity index (χ2n) is 14.7. The second-order valence-corrected chi connectivity index (χ2v) is 14.7. The van der Waals surface area contributed by atoms with Crippen molar-refractivity contribution in [3.63, 3.8) is 0 Å². The van der Waals surface area contributed by atoms with Crippen LogP contribution >= 0.6 is 0 Å². The van der Waals surface area contributed by atoms with Gasteiger partial charge in [-0.2, -0.15) is 0 Å². The Balaban J connectivity index is 1.08. The molecule has 10 rings (SSSR count). The van der Waals surface area contributed by atoms with Crippen LogP contribution in [0.1, 0.15) is 16.7 Å². The molecule has 1 heterocycles. The smallest absolute Gasteiger partial charge is 0.0541 e. The van der Waals surface area contributed by atoms with E-state index in [1.54, 1.807) is 0 Å². The van der Waals surface area contributed by atoms with Gasteiger partial charge in [-0.05, 0) is 128 Å². The summed E-state index contributed by atoms with van der Waals surface area (Å²) >= 11 is 0. The number of benzene rings is 9. The summed E-state index contributed by atoms with van der Waals surface area (Å²) in [5.74, 6) is 0. The maximum atomic E-state index is 2.42. The van der Waals surface area contributed by atoms with Gasteiger partial charge in [-0.1, -0.05) is 157 Å². The van der Waals surface area contributed by atoms with Crippen molar-refractivity contribution in [3.05, 3.63) is 199 Å². The van der Waals surface area contributed by atoms with Crippen LogP contribution in [0.5, 0.6) is 0 Å². The van der Waals surface area contributed by atoms with Crippen molar-refractivity contribution in [2.24, 2.45) is 0 Å². The Bertz CT molecular complexity index is 2960. The third-order valence-corrected chi connectivity index (χ3v) is 11.3. The first-order valence-electron chi connectivity index (χ1n) is 18.8. The van der Waals surface area contributed by atoms with Crippen molar-refractivity contribution in [2.75, 3.05) is 0 Å². The van der Waals surface area contributed by atoms with Crippen LogP contribution in [0.4, 0.5) is 0 Å². The highest BCUT2D eigenvalue weighted by Gasteiger charge is 2.18. The van der Waals surface area contributed by atoms with Crippen LogP contribution in [0, 0.1) is 20.8 Å². The molecule has 0 unspecified atom stereocenters. The van der Waals surface area contributed by atoms with E-state index in [1.807, 2.05) is 0 Å². The van der Waals surface area contributed by atoms with E-state index >= 15 is 0 Å². The molecule has 0 saturated carbocycles. The van der Waals surface area contributed by atoms with Gasteiger partial charge >= 0.3 is 0 Å². The van der Waals surface area contributed by atoms with E-state index in [9.17, 15) is 0 Å². The number of nitrogens with zero attached hydrogens (tertiary/aromatic N) is 1. The number of hydrogen-bond acceptors (Lipinski definition) is 0. The van der Waals surface area contributed by atoms with Gasteiger partial charge in [0.05, 0.1) is 11.0 Å². The third-order valence-electron chi connectivity index (χ3n) is 11.3. The maximum absolute atomic E-state index is 2.42. The first kappa shape index (κ1) is 32.0. The van der Waals surface area contributed by atoms with Crippen molar-refractivity contribution in [2.45, 2.75) is 20.8 Å². The Morgan fingerprint density at radius 3 is 1.31 bits per heavy atom. The van der Waals surface area contributed by atoms with E-state index in [-0.39, 0.29) is 0 Å². The van der Waals surface area contributed by atoms with Crippen molar-refractivity contribution < 1.29 is 0 Å². The molecule has 1 aromatic heterocycles. The predicted molar refractivity (Wildman–Crippen MR) is 232 cm³/mol. The fourth-order valence-electron chi connectivity index (χ4n) is 9.03. The lowest BCUT2D eigenvalue weighted by molar-refractivity contribution is 1.18. The number of aromatic nitrogens is 1. The average molecular weight is 690 g/mol. The van der Waals surface area contributed by atoms with E-state index in [4.69, 9.17) is 0 Å². The van der Waals surface area contributed by atoms with Gasteiger partial charge in [0.15, 0.2) is 0 Å². The normalized spacial score (nSPS) is 11.6. The van der Waals surface area contributed by atoms with Gasteiger partial charge in [-0.15, -0.1) is 0 Å². The summed E-state index contributed by atoms with van der Waals surface area (Å²) in [5, 5.41) is 7.60. The van der Waals surface area contributed by atoms with Crippen molar-refractivity contribution in [1.82, 2.24) is 4.57 Å². The van der Waals surface area contributed by atoms with Gasteiger partial charge in [0.2, 0.25) is 0 Å². The minimum atomic E-state index is 1.15. The minimum absolute atomic E-state index is 1.15. The lowest BCUT2D eigenvalue weighted by atomic mass is 9.86. The highest BCUT2D eigenvalue weighted by molar-refractivity contribution is 6.21. The third kappa shape index (κ3) is 5.16. The van der Waals surface area contributed by atoms with Crippen molar-refractivity contribution in [1.29, 1.82) is 0 Å². The summed E-state index contributed by atoms with van der Waals surface area (Å²) < 4.78 is 2.42. The number of rotatable bonds is 5. The molecule has 10 aromatic rings. The van der Waals surface area contributed by atoms with Crippen LogP contribution in [0.3, 0.4) is 0 Å². The van der Waals surface area contributed by atoms with Crippen LogP contribution in [-0.2, 0) is 0 Å². The highest BCUT2D eigenvalue weighted by Crippen LogP contribution is 2.44. The average Bonchev–Trinajstić information content (AvgIpc) is 3.54. The summed E-state index contributed by atoms with van der Waals surface area (Å²) in [6, 6.07) is 67.1. The zero-order chi connectivity index (χ0) is 36.3. The Hall–Kier alpha value is -6.70. The molecule has 0 aliphatic carbocycles. The van der Waals surface area contributed by atoms with E-state index < -0.39 is 0 Å². The molecule has 0 amide bonds. The molecule has 9 aromatic carbocycles. The number of hydrogen-bond donors (Lipinski definition) is 0. The molecular formula is C53H39N. The van der Waals surface area contributed by atoms with Crippen LogP contribution in [0.2, 0.25) is 0 Å². The fraction of sp³-hybridized carbons (Fsp3) is 0.0566. The quantitative estimate of drug-likeness (QED) is 0.159. The van der Waals surface area contributed by atoms with Crippen LogP contribution < -0.4 is 0 Å². The summed E-state index contributed by atoms with van der Waals surface area (Å²) in [6.45, 7) is 6.60. The Kier molecular flexibility index (Phi) is 7.56. The molecule has 0 aliphatic rings. The SMILES string of the molecule is Cc1cc(C)c(-c2ccc(-c3ccc4c(c3)c3ccccc3n4-c3ccc(-c4c5ccccc5c(-c5ccccc5)c5ccccc45)cc3)cc2)c(C)c1. The minimum Gasteiger partial charge on any atom is -0.309 e. The van der Waals surface area contributed by atoms with Gasteiger partial charge in [0.1, 0.15) is 0 Å². The molecular weight excluding hydrogens is 651 g/mol. The number of para-hydroxylation sites is 1. The highest BCUT2D eigenvalue weighted by atomic mass is 15.0. The first-order valence-corrected chi connectivity index (χ1v) is 18.8. The molecule has 0 aliphatic heterocycles. The lowest BCUT2D eigenvalue weighted by Gasteiger charge is -2.18. The Morgan fingerprint density at radius 2 is 0.722 bits per heavy atom. The molecule has 0 spiro atoms. The zero-order valence-electron chi connectivity index (χ0n) is 30.8. The zero-order valence-corrected chi connectivity index (χ0v) is 30.8. The molecule has 0 atom stereocenters. The van der Waals surface area contributed by atoms with Crippen molar-refractivity contribution in [3.8, 4) is 50.2 Å². The van der Waals surface area contributed by atoms with Gasteiger partial charge < -0.3 is 4.57 Å². The lowest BCUT2D eigenvalue weighted by Crippen LogP contribution is -1.94. The van der Waals surface area contributed by atoms with Crippen LogP contribution in [0.15, 0.2) is 182 Å². The Morgan fingerprint density at radius 1 is 0.296 bits per heavy atom. The van der Waals surface area contributed by atoms with Gasteiger partial charge in [0, 0.05) is 16.5 Å². The van der Waals surface area contributed by atoms with Gasteiger partial charge in [-0.25, -0.2) is 0 Å². The molecule has 54 heavy (non-hydrogen) atoms. The monoisotopic (exact) mass is 689 g/mol. The van der Waals surface area contributed by atoms with E-state index in [0.717, 1.165) is 5.69 Å². The molecule has 0 saturated heterocycles.